The molecule has 7 nitrogen and oxygen atoms in total. The number of carbonyl (C=O) groups is 2. The van der Waals surface area contributed by atoms with E-state index < -0.39 is 0 Å². The number of anilines is 1. The number of piperidine rings is 1. The van der Waals surface area contributed by atoms with Gasteiger partial charge in [0.1, 0.15) is 11.5 Å². The monoisotopic (exact) mass is 381 g/mol. The lowest BCUT2D eigenvalue weighted by Gasteiger charge is -2.31. The molecule has 0 aliphatic carbocycles. The second-order valence-corrected chi connectivity index (χ2v) is 7.37. The highest BCUT2D eigenvalue weighted by Crippen LogP contribution is 2.22. The number of imidazole rings is 1. The molecule has 138 valence electrons. The first-order valence-corrected chi connectivity index (χ1v) is 9.69. The summed E-state index contributed by atoms with van der Waals surface area (Å²) < 4.78 is 0. The molecule has 4 heterocycles. The number of rotatable bonds is 4. The van der Waals surface area contributed by atoms with Crippen LogP contribution in [0.3, 0.4) is 0 Å². The maximum atomic E-state index is 12.7. The van der Waals surface area contributed by atoms with E-state index in [2.05, 4.69) is 20.3 Å². The number of hydrogen-bond donors (Lipinski definition) is 2. The number of nitrogens with one attached hydrogen (secondary N) is 2. The van der Waals surface area contributed by atoms with E-state index in [0.29, 0.717) is 35.3 Å². The Hall–Kier alpha value is -3.00. The minimum Gasteiger partial charge on any atom is -0.337 e. The number of thiophene rings is 1. The Bertz CT molecular complexity index is 923. The van der Waals surface area contributed by atoms with Crippen molar-refractivity contribution in [2.24, 2.45) is 5.92 Å². The molecule has 0 saturated carbocycles. The number of carbonyl (C=O) groups excluding carboxylic acids is 2. The van der Waals surface area contributed by atoms with Crippen molar-refractivity contribution in [2.45, 2.75) is 12.8 Å². The molecule has 3 aromatic heterocycles. The zero-order valence-corrected chi connectivity index (χ0v) is 15.4. The van der Waals surface area contributed by atoms with Gasteiger partial charge in [0.25, 0.3) is 5.91 Å². The quantitative estimate of drug-likeness (QED) is 0.727. The van der Waals surface area contributed by atoms with Crippen molar-refractivity contribution in [3.63, 3.8) is 0 Å². The van der Waals surface area contributed by atoms with E-state index in [1.165, 1.54) is 11.3 Å². The molecule has 0 spiro atoms. The molecule has 0 bridgehead atoms. The van der Waals surface area contributed by atoms with E-state index in [1.807, 2.05) is 35.7 Å². The first-order valence-electron chi connectivity index (χ1n) is 8.81. The van der Waals surface area contributed by atoms with Crippen molar-refractivity contribution in [1.29, 1.82) is 0 Å². The highest BCUT2D eigenvalue weighted by Gasteiger charge is 2.29. The van der Waals surface area contributed by atoms with Crippen molar-refractivity contribution >= 4 is 29.0 Å². The lowest BCUT2D eigenvalue weighted by molar-refractivity contribution is -0.121. The van der Waals surface area contributed by atoms with Gasteiger partial charge < -0.3 is 15.2 Å². The van der Waals surface area contributed by atoms with Gasteiger partial charge in [0, 0.05) is 19.3 Å². The number of likely N-dealkylation sites (tertiary alicyclic amines) is 1. The number of aromatic nitrogens is 3. The van der Waals surface area contributed by atoms with Crippen molar-refractivity contribution in [3.05, 3.63) is 53.0 Å². The lowest BCUT2D eigenvalue weighted by atomic mass is 9.97. The molecular weight excluding hydrogens is 362 g/mol. The molecule has 1 fully saturated rings. The summed E-state index contributed by atoms with van der Waals surface area (Å²) in [7, 11) is 0. The van der Waals surface area contributed by atoms with Crippen LogP contribution in [0.25, 0.3) is 11.5 Å². The molecule has 27 heavy (non-hydrogen) atoms. The second kappa shape index (κ2) is 7.71. The van der Waals surface area contributed by atoms with Crippen LogP contribution in [0, 0.1) is 5.92 Å². The zero-order valence-electron chi connectivity index (χ0n) is 14.6. The van der Waals surface area contributed by atoms with E-state index in [1.54, 1.807) is 17.3 Å². The summed E-state index contributed by atoms with van der Waals surface area (Å²) in [6.07, 6.45) is 4.86. The van der Waals surface area contributed by atoms with Gasteiger partial charge in [-0.3, -0.25) is 14.6 Å². The highest BCUT2D eigenvalue weighted by molar-refractivity contribution is 7.12. The van der Waals surface area contributed by atoms with Gasteiger partial charge in [-0.25, -0.2) is 4.98 Å². The smallest absolute Gasteiger partial charge is 0.263 e. The van der Waals surface area contributed by atoms with Gasteiger partial charge in [-0.1, -0.05) is 12.1 Å². The molecule has 1 atom stereocenters. The lowest BCUT2D eigenvalue weighted by Crippen LogP contribution is -2.43. The van der Waals surface area contributed by atoms with Crippen molar-refractivity contribution in [1.82, 2.24) is 19.9 Å². The molecule has 1 aliphatic heterocycles. The summed E-state index contributed by atoms with van der Waals surface area (Å²) in [5.74, 6) is 0.798. The van der Waals surface area contributed by atoms with Gasteiger partial charge in [0.2, 0.25) is 5.91 Å². The maximum absolute atomic E-state index is 12.7. The fourth-order valence-corrected chi connectivity index (χ4v) is 3.88. The summed E-state index contributed by atoms with van der Waals surface area (Å²) in [5.41, 5.74) is 0.711. The average Bonchev–Trinajstić information content (AvgIpc) is 3.40. The number of H-pyrrole nitrogens is 1. The Morgan fingerprint density at radius 2 is 2.15 bits per heavy atom. The van der Waals surface area contributed by atoms with Crippen molar-refractivity contribution < 1.29 is 9.59 Å². The fourth-order valence-electron chi connectivity index (χ4n) is 3.18. The molecule has 4 rings (SSSR count). The van der Waals surface area contributed by atoms with Crippen molar-refractivity contribution in [2.75, 3.05) is 18.4 Å². The summed E-state index contributed by atoms with van der Waals surface area (Å²) in [6, 6.07) is 9.25. The largest absolute Gasteiger partial charge is 0.337 e. The van der Waals surface area contributed by atoms with E-state index in [9.17, 15) is 9.59 Å². The van der Waals surface area contributed by atoms with Crippen LogP contribution < -0.4 is 5.32 Å². The van der Waals surface area contributed by atoms with Gasteiger partial charge in [-0.2, -0.15) is 0 Å². The van der Waals surface area contributed by atoms with Gasteiger partial charge in [-0.05, 0) is 36.4 Å². The molecular formula is C19H19N5O2S. The maximum Gasteiger partial charge on any atom is 0.263 e. The molecule has 2 N–H and O–H groups in total. The number of nitrogens with zero attached hydrogens (tertiary/aromatic N) is 3. The number of amides is 2. The first kappa shape index (κ1) is 17.4. The zero-order chi connectivity index (χ0) is 18.6. The van der Waals surface area contributed by atoms with Crippen LogP contribution in [0.15, 0.2) is 48.1 Å². The van der Waals surface area contributed by atoms with E-state index >= 15 is 0 Å². The molecule has 2 amide bonds. The van der Waals surface area contributed by atoms with Crippen LogP contribution in [0.4, 0.5) is 5.82 Å². The van der Waals surface area contributed by atoms with E-state index in [0.717, 1.165) is 12.8 Å². The third kappa shape index (κ3) is 3.90. The molecule has 1 aliphatic rings. The predicted octanol–water partition coefficient (Wildman–Crippen LogP) is 3.02. The Balaban J connectivity index is 1.39. The Morgan fingerprint density at radius 3 is 2.93 bits per heavy atom. The normalized spacial score (nSPS) is 16.9. The Morgan fingerprint density at radius 1 is 1.22 bits per heavy atom. The Labute approximate surface area is 160 Å². The summed E-state index contributed by atoms with van der Waals surface area (Å²) in [4.78, 5) is 39.2. The second-order valence-electron chi connectivity index (χ2n) is 6.42. The predicted molar refractivity (Wildman–Crippen MR) is 103 cm³/mol. The van der Waals surface area contributed by atoms with Crippen LogP contribution in [0.2, 0.25) is 0 Å². The standard InChI is InChI=1S/C19H19N5O2S/c25-18(23-16-11-21-17(22-16)14-6-1-2-8-20-14)13-5-3-9-24(12-13)19(26)15-7-4-10-27-15/h1-2,4,6-8,10-11,13H,3,5,9,12H2,(H,21,22)(H,23,25). The number of hydrogen-bond acceptors (Lipinski definition) is 5. The summed E-state index contributed by atoms with van der Waals surface area (Å²) >= 11 is 1.43. The third-order valence-electron chi connectivity index (χ3n) is 4.55. The average molecular weight is 381 g/mol. The molecule has 8 heteroatoms. The van der Waals surface area contributed by atoms with E-state index in [4.69, 9.17) is 0 Å². The summed E-state index contributed by atoms with van der Waals surface area (Å²) in [5, 5.41) is 4.76. The van der Waals surface area contributed by atoms with E-state index in [-0.39, 0.29) is 17.7 Å². The minimum absolute atomic E-state index is 0.00137. The summed E-state index contributed by atoms with van der Waals surface area (Å²) in [6.45, 7) is 1.12. The first-order chi connectivity index (χ1) is 13.2. The fraction of sp³-hybridized carbons (Fsp3) is 0.263. The van der Waals surface area contributed by atoms with Crippen LogP contribution in [0.5, 0.6) is 0 Å². The number of pyridine rings is 1. The molecule has 1 saturated heterocycles. The van der Waals surface area contributed by atoms with Gasteiger partial charge in [0.15, 0.2) is 5.82 Å². The van der Waals surface area contributed by atoms with Crippen LogP contribution >= 0.6 is 11.3 Å². The van der Waals surface area contributed by atoms with Crippen molar-refractivity contribution in [3.8, 4) is 11.5 Å². The molecule has 1 unspecified atom stereocenters. The molecule has 3 aromatic rings. The molecule has 0 aromatic carbocycles. The topological polar surface area (TPSA) is 91.0 Å². The van der Waals surface area contributed by atoms with Crippen LogP contribution in [-0.2, 0) is 4.79 Å². The van der Waals surface area contributed by atoms with Gasteiger partial charge in [0.05, 0.1) is 17.0 Å². The van der Waals surface area contributed by atoms with Gasteiger partial charge >= 0.3 is 0 Å². The highest BCUT2D eigenvalue weighted by atomic mass is 32.1. The number of aromatic amines is 1. The third-order valence-corrected chi connectivity index (χ3v) is 5.41. The Kier molecular flexibility index (Phi) is 4.97. The van der Waals surface area contributed by atoms with Crippen LogP contribution in [-0.4, -0.2) is 44.8 Å². The molecule has 0 radical (unpaired) electrons. The SMILES string of the molecule is O=C(Nc1cnc(-c2ccccn2)[nH]1)C1CCCN(C(=O)c2cccs2)C1. The van der Waals surface area contributed by atoms with Gasteiger partial charge in [-0.15, -0.1) is 11.3 Å². The minimum atomic E-state index is -0.232. The van der Waals surface area contributed by atoms with Crippen LogP contribution in [0.1, 0.15) is 22.5 Å².